The van der Waals surface area contributed by atoms with Crippen LogP contribution in [0.4, 0.5) is 5.69 Å². The van der Waals surface area contributed by atoms with Crippen LogP contribution in [-0.2, 0) is 4.74 Å². The van der Waals surface area contributed by atoms with Gasteiger partial charge in [-0.2, -0.15) is 0 Å². The molecule has 0 radical (unpaired) electrons. The summed E-state index contributed by atoms with van der Waals surface area (Å²) in [5.41, 5.74) is 7.48. The van der Waals surface area contributed by atoms with Gasteiger partial charge in [-0.1, -0.05) is 28.1 Å². The Morgan fingerprint density at radius 2 is 1.95 bits per heavy atom. The summed E-state index contributed by atoms with van der Waals surface area (Å²) < 4.78 is 11.4. The SMILES string of the molecule is COC(=O)c1cccc(Oc2cc(Br)ccc2C)c1N. The zero-order valence-corrected chi connectivity index (χ0v) is 12.7. The first kappa shape index (κ1) is 14.4. The number of para-hydroxylation sites is 1. The van der Waals surface area contributed by atoms with E-state index < -0.39 is 5.97 Å². The Kier molecular flexibility index (Phi) is 4.29. The van der Waals surface area contributed by atoms with Gasteiger partial charge in [0.15, 0.2) is 5.75 Å². The van der Waals surface area contributed by atoms with Crippen LogP contribution in [0.2, 0.25) is 0 Å². The number of nitrogen functional groups attached to an aromatic ring is 1. The van der Waals surface area contributed by atoms with Crippen molar-refractivity contribution in [3.63, 3.8) is 0 Å². The summed E-state index contributed by atoms with van der Waals surface area (Å²) in [6, 6.07) is 10.7. The highest BCUT2D eigenvalue weighted by Crippen LogP contribution is 2.33. The number of esters is 1. The second kappa shape index (κ2) is 5.96. The molecule has 0 aliphatic heterocycles. The van der Waals surface area contributed by atoms with Crippen molar-refractivity contribution in [1.29, 1.82) is 0 Å². The number of carbonyl (C=O) groups excluding carboxylic acids is 1. The van der Waals surface area contributed by atoms with Gasteiger partial charge in [0.2, 0.25) is 0 Å². The number of rotatable bonds is 3. The Bertz CT molecular complexity index is 656. The molecule has 0 unspecified atom stereocenters. The van der Waals surface area contributed by atoms with E-state index in [0.29, 0.717) is 11.5 Å². The Labute approximate surface area is 125 Å². The zero-order valence-electron chi connectivity index (χ0n) is 11.1. The van der Waals surface area contributed by atoms with Crippen LogP contribution in [0.25, 0.3) is 0 Å². The molecule has 0 spiro atoms. The van der Waals surface area contributed by atoms with E-state index in [1.54, 1.807) is 18.2 Å². The summed E-state index contributed by atoms with van der Waals surface area (Å²) in [6.07, 6.45) is 0. The van der Waals surface area contributed by atoms with Gasteiger partial charge in [0.1, 0.15) is 5.75 Å². The third kappa shape index (κ3) is 2.93. The molecule has 0 aliphatic rings. The topological polar surface area (TPSA) is 61.5 Å². The second-order valence-corrected chi connectivity index (χ2v) is 5.14. The van der Waals surface area contributed by atoms with Crippen LogP contribution in [0, 0.1) is 6.92 Å². The van der Waals surface area contributed by atoms with Gasteiger partial charge in [0, 0.05) is 4.47 Å². The normalized spacial score (nSPS) is 10.2. The fraction of sp³-hybridized carbons (Fsp3) is 0.133. The molecule has 0 aromatic heterocycles. The summed E-state index contributed by atoms with van der Waals surface area (Å²) in [7, 11) is 1.31. The number of carbonyl (C=O) groups is 1. The molecule has 0 amide bonds. The van der Waals surface area contributed by atoms with Gasteiger partial charge in [0.25, 0.3) is 0 Å². The van der Waals surface area contributed by atoms with Crippen LogP contribution >= 0.6 is 15.9 Å². The number of anilines is 1. The van der Waals surface area contributed by atoms with Crippen molar-refractivity contribution in [1.82, 2.24) is 0 Å². The predicted molar refractivity (Wildman–Crippen MR) is 81.1 cm³/mol. The predicted octanol–water partition coefficient (Wildman–Crippen LogP) is 3.92. The van der Waals surface area contributed by atoms with Crippen LogP contribution in [0.1, 0.15) is 15.9 Å². The molecular formula is C15H14BrNO3. The molecule has 2 N–H and O–H groups in total. The molecule has 4 nitrogen and oxygen atoms in total. The van der Waals surface area contributed by atoms with Crippen molar-refractivity contribution >= 4 is 27.6 Å². The van der Waals surface area contributed by atoms with Gasteiger partial charge < -0.3 is 15.2 Å². The summed E-state index contributed by atoms with van der Waals surface area (Å²) in [6.45, 7) is 1.93. The van der Waals surface area contributed by atoms with E-state index >= 15 is 0 Å². The number of benzene rings is 2. The molecular weight excluding hydrogens is 322 g/mol. The second-order valence-electron chi connectivity index (χ2n) is 4.22. The number of halogens is 1. The number of ether oxygens (including phenoxy) is 2. The van der Waals surface area contributed by atoms with E-state index in [9.17, 15) is 4.79 Å². The third-order valence-electron chi connectivity index (χ3n) is 2.84. The summed E-state index contributed by atoms with van der Waals surface area (Å²) >= 11 is 3.39. The minimum absolute atomic E-state index is 0.263. The number of nitrogens with two attached hydrogens (primary N) is 1. The lowest BCUT2D eigenvalue weighted by Gasteiger charge is -2.13. The molecule has 20 heavy (non-hydrogen) atoms. The lowest BCUT2D eigenvalue weighted by molar-refractivity contribution is 0.0601. The molecule has 0 saturated heterocycles. The number of hydrogen-bond acceptors (Lipinski definition) is 4. The van der Waals surface area contributed by atoms with Crippen molar-refractivity contribution in [2.75, 3.05) is 12.8 Å². The Morgan fingerprint density at radius 3 is 2.65 bits per heavy atom. The quantitative estimate of drug-likeness (QED) is 0.682. The first-order valence-corrected chi connectivity index (χ1v) is 6.73. The molecule has 0 atom stereocenters. The van der Waals surface area contributed by atoms with E-state index in [2.05, 4.69) is 20.7 Å². The Balaban J connectivity index is 2.39. The average molecular weight is 336 g/mol. The minimum atomic E-state index is -0.487. The first-order chi connectivity index (χ1) is 9.52. The summed E-state index contributed by atoms with van der Waals surface area (Å²) in [4.78, 5) is 11.6. The van der Waals surface area contributed by atoms with Crippen molar-refractivity contribution < 1.29 is 14.3 Å². The smallest absolute Gasteiger partial charge is 0.340 e. The molecule has 0 bridgehead atoms. The molecule has 5 heteroatoms. The van der Waals surface area contributed by atoms with Crippen LogP contribution in [0.3, 0.4) is 0 Å². The standard InChI is InChI=1S/C15H14BrNO3/c1-9-6-7-10(16)8-13(9)20-12-5-3-4-11(14(12)17)15(18)19-2/h3-8H,17H2,1-2H3. The lowest BCUT2D eigenvalue weighted by atomic mass is 10.1. The van der Waals surface area contributed by atoms with Crippen LogP contribution < -0.4 is 10.5 Å². The minimum Gasteiger partial charge on any atom is -0.465 e. The first-order valence-electron chi connectivity index (χ1n) is 5.93. The Hall–Kier alpha value is -2.01. The van der Waals surface area contributed by atoms with Crippen LogP contribution in [0.15, 0.2) is 40.9 Å². The number of hydrogen-bond donors (Lipinski definition) is 1. The van der Waals surface area contributed by atoms with Crippen molar-refractivity contribution in [2.24, 2.45) is 0 Å². The molecule has 2 rings (SSSR count). The van der Waals surface area contributed by atoms with Crippen LogP contribution in [0.5, 0.6) is 11.5 Å². The van der Waals surface area contributed by atoms with Gasteiger partial charge in [-0.25, -0.2) is 4.79 Å². The van der Waals surface area contributed by atoms with Gasteiger partial charge >= 0.3 is 5.97 Å². The monoisotopic (exact) mass is 335 g/mol. The van der Waals surface area contributed by atoms with Gasteiger partial charge in [-0.15, -0.1) is 0 Å². The van der Waals surface area contributed by atoms with E-state index in [0.717, 1.165) is 10.0 Å². The van der Waals surface area contributed by atoms with Crippen molar-refractivity contribution in [3.05, 3.63) is 52.0 Å². The Morgan fingerprint density at radius 1 is 1.20 bits per heavy atom. The number of methoxy groups -OCH3 is 1. The molecule has 0 aliphatic carbocycles. The summed E-state index contributed by atoms with van der Waals surface area (Å²) in [5.74, 6) is 0.612. The van der Waals surface area contributed by atoms with Crippen molar-refractivity contribution in [3.8, 4) is 11.5 Å². The highest BCUT2D eigenvalue weighted by molar-refractivity contribution is 9.10. The van der Waals surface area contributed by atoms with Crippen molar-refractivity contribution in [2.45, 2.75) is 6.92 Å². The third-order valence-corrected chi connectivity index (χ3v) is 3.33. The van der Waals surface area contributed by atoms with E-state index in [4.69, 9.17) is 10.5 Å². The maximum atomic E-state index is 11.6. The van der Waals surface area contributed by atoms with E-state index in [1.165, 1.54) is 7.11 Å². The van der Waals surface area contributed by atoms with E-state index in [-0.39, 0.29) is 11.3 Å². The largest absolute Gasteiger partial charge is 0.465 e. The van der Waals surface area contributed by atoms with Gasteiger partial charge in [-0.05, 0) is 36.8 Å². The molecule has 2 aromatic rings. The highest BCUT2D eigenvalue weighted by Gasteiger charge is 2.14. The molecule has 2 aromatic carbocycles. The van der Waals surface area contributed by atoms with Gasteiger partial charge in [0.05, 0.1) is 18.4 Å². The molecule has 0 heterocycles. The van der Waals surface area contributed by atoms with Crippen LogP contribution in [-0.4, -0.2) is 13.1 Å². The van der Waals surface area contributed by atoms with Gasteiger partial charge in [-0.3, -0.25) is 0 Å². The average Bonchev–Trinajstić information content (AvgIpc) is 2.44. The zero-order chi connectivity index (χ0) is 14.7. The molecule has 0 saturated carbocycles. The number of aryl methyl sites for hydroxylation is 1. The van der Waals surface area contributed by atoms with E-state index in [1.807, 2.05) is 25.1 Å². The molecule has 0 fully saturated rings. The highest BCUT2D eigenvalue weighted by atomic mass is 79.9. The summed E-state index contributed by atoms with van der Waals surface area (Å²) in [5, 5.41) is 0. The fourth-order valence-electron chi connectivity index (χ4n) is 1.72. The maximum absolute atomic E-state index is 11.6. The lowest BCUT2D eigenvalue weighted by Crippen LogP contribution is -2.06. The fourth-order valence-corrected chi connectivity index (χ4v) is 2.06. The molecule has 104 valence electrons. The maximum Gasteiger partial charge on any atom is 0.340 e.